The molecule has 3 aromatic rings. The lowest BCUT2D eigenvalue weighted by Gasteiger charge is -2.18. The molecule has 0 aliphatic carbocycles. The van der Waals surface area contributed by atoms with E-state index in [1.165, 1.54) is 4.90 Å². The molecule has 0 N–H and O–H groups in total. The second kappa shape index (κ2) is 8.55. The van der Waals surface area contributed by atoms with Crippen molar-refractivity contribution < 1.29 is 9.53 Å². The molecule has 1 aliphatic heterocycles. The zero-order valence-electron chi connectivity index (χ0n) is 15.6. The number of thioether (sulfide) groups is 1. The minimum absolute atomic E-state index is 0.205. The van der Waals surface area contributed by atoms with Gasteiger partial charge in [0.2, 0.25) is 0 Å². The molecule has 0 aromatic heterocycles. The van der Waals surface area contributed by atoms with Crippen LogP contribution in [0, 0.1) is 0 Å². The number of benzene rings is 3. The molecule has 1 amide bonds. The number of halogens is 1. The summed E-state index contributed by atoms with van der Waals surface area (Å²) in [6.07, 6.45) is 3.76. The molecular formula is C23H17ClN2O2S. The van der Waals surface area contributed by atoms with Gasteiger partial charge in [-0.3, -0.25) is 4.79 Å². The Morgan fingerprint density at radius 3 is 2.31 bits per heavy atom. The van der Waals surface area contributed by atoms with Crippen LogP contribution in [0.25, 0.3) is 6.08 Å². The van der Waals surface area contributed by atoms with Gasteiger partial charge in [-0.1, -0.05) is 41.9 Å². The third-order valence-corrected chi connectivity index (χ3v) is 5.28. The Morgan fingerprint density at radius 2 is 1.66 bits per heavy atom. The zero-order chi connectivity index (χ0) is 20.2. The highest BCUT2D eigenvalue weighted by Crippen LogP contribution is 2.28. The number of nitrogens with zero attached hydrogens (tertiary/aromatic N) is 2. The molecule has 0 atom stereocenters. The summed E-state index contributed by atoms with van der Waals surface area (Å²) in [6, 6.07) is 24.4. The van der Waals surface area contributed by atoms with Gasteiger partial charge in [-0.25, -0.2) is 4.90 Å². The van der Waals surface area contributed by atoms with Crippen LogP contribution in [0.5, 0.6) is 5.75 Å². The maximum atomic E-state index is 13.1. The van der Waals surface area contributed by atoms with E-state index in [-0.39, 0.29) is 11.9 Å². The van der Waals surface area contributed by atoms with Crippen molar-refractivity contribution in [3.05, 3.63) is 95.1 Å². The van der Waals surface area contributed by atoms with Crippen molar-refractivity contribution in [2.75, 3.05) is 11.2 Å². The Bertz CT molecular complexity index is 1080. The number of amides is 1. The summed E-state index contributed by atoms with van der Waals surface area (Å²) in [7, 11) is 0. The molecule has 4 rings (SSSR count). The van der Waals surface area contributed by atoms with Crippen LogP contribution >= 0.6 is 23.4 Å². The summed E-state index contributed by atoms with van der Waals surface area (Å²) in [5, 5.41) is 0.590. The highest BCUT2D eigenvalue weighted by Gasteiger charge is 2.33. The molecule has 3 aromatic carbocycles. The summed E-state index contributed by atoms with van der Waals surface area (Å²) < 4.78 is 5.98. The van der Waals surface area contributed by atoms with E-state index in [0.29, 0.717) is 22.2 Å². The van der Waals surface area contributed by atoms with Crippen molar-refractivity contribution in [2.45, 2.75) is 4.90 Å². The first-order chi connectivity index (χ1) is 14.1. The Balaban J connectivity index is 1.71. The topological polar surface area (TPSA) is 41.9 Å². The molecule has 144 valence electrons. The number of carbonyl (C=O) groups is 1. The fraction of sp³-hybridized carbons (Fsp3) is 0.0435. The van der Waals surface area contributed by atoms with E-state index in [0.717, 1.165) is 10.5 Å². The molecule has 29 heavy (non-hydrogen) atoms. The minimum Gasteiger partial charge on any atom is -0.425 e. The van der Waals surface area contributed by atoms with Crippen LogP contribution in [0.1, 0.15) is 5.56 Å². The molecule has 0 spiro atoms. The van der Waals surface area contributed by atoms with Crippen LogP contribution in [0.15, 0.2) is 94.4 Å². The van der Waals surface area contributed by atoms with Crippen LogP contribution in [-0.2, 0) is 4.79 Å². The first kappa shape index (κ1) is 19.3. The van der Waals surface area contributed by atoms with E-state index < -0.39 is 0 Å². The predicted octanol–water partition coefficient (Wildman–Crippen LogP) is 5.88. The zero-order valence-corrected chi connectivity index (χ0v) is 17.2. The van der Waals surface area contributed by atoms with Crippen molar-refractivity contribution in [2.24, 2.45) is 4.99 Å². The Kier molecular flexibility index (Phi) is 5.69. The molecule has 0 bridgehead atoms. The molecule has 0 unspecified atom stereocenters. The predicted molar refractivity (Wildman–Crippen MR) is 120 cm³/mol. The van der Waals surface area contributed by atoms with Gasteiger partial charge in [0.1, 0.15) is 11.4 Å². The third kappa shape index (κ3) is 4.36. The summed E-state index contributed by atoms with van der Waals surface area (Å²) in [5.41, 5.74) is 1.83. The van der Waals surface area contributed by atoms with Gasteiger partial charge >= 0.3 is 6.02 Å². The van der Waals surface area contributed by atoms with Crippen LogP contribution in [0.3, 0.4) is 0 Å². The number of amidine groups is 1. The maximum Gasteiger partial charge on any atom is 0.310 e. The van der Waals surface area contributed by atoms with E-state index in [4.69, 9.17) is 16.3 Å². The standard InChI is InChI=1S/C23H17ClN2O2S/c1-29-20-13-11-19(12-14-20)28-23-25-21(15-16-5-3-2-4-6-16)22(27)26(23)18-9-7-17(24)8-10-18/h2-15H,1H3. The van der Waals surface area contributed by atoms with Gasteiger partial charge in [0.25, 0.3) is 5.91 Å². The monoisotopic (exact) mass is 420 g/mol. The fourth-order valence-electron chi connectivity index (χ4n) is 2.84. The first-order valence-electron chi connectivity index (χ1n) is 8.91. The maximum absolute atomic E-state index is 13.1. The van der Waals surface area contributed by atoms with Crippen molar-refractivity contribution in [3.63, 3.8) is 0 Å². The van der Waals surface area contributed by atoms with E-state index in [2.05, 4.69) is 4.99 Å². The molecule has 6 heteroatoms. The molecule has 0 saturated heterocycles. The highest BCUT2D eigenvalue weighted by molar-refractivity contribution is 7.98. The van der Waals surface area contributed by atoms with Gasteiger partial charge in [0.15, 0.2) is 0 Å². The quantitative estimate of drug-likeness (QED) is 0.390. The van der Waals surface area contributed by atoms with Crippen LogP contribution < -0.4 is 9.64 Å². The second-order valence-corrected chi connectivity index (χ2v) is 7.55. The van der Waals surface area contributed by atoms with Gasteiger partial charge in [-0.05, 0) is 66.4 Å². The summed E-state index contributed by atoms with van der Waals surface area (Å²) in [6.45, 7) is 0. The average Bonchev–Trinajstić information content (AvgIpc) is 3.05. The van der Waals surface area contributed by atoms with Crippen molar-refractivity contribution >= 4 is 47.1 Å². The second-order valence-electron chi connectivity index (χ2n) is 6.23. The number of carbonyl (C=O) groups excluding carboxylic acids is 1. The number of anilines is 1. The van der Waals surface area contributed by atoms with Crippen LogP contribution in [0.2, 0.25) is 5.02 Å². The molecule has 0 radical (unpaired) electrons. The molecule has 0 saturated carbocycles. The molecule has 1 aliphatic rings. The summed E-state index contributed by atoms with van der Waals surface area (Å²) in [5.74, 6) is 0.348. The Labute approximate surface area is 178 Å². The van der Waals surface area contributed by atoms with E-state index in [9.17, 15) is 4.79 Å². The normalized spacial score (nSPS) is 15.0. The smallest absolute Gasteiger partial charge is 0.310 e. The van der Waals surface area contributed by atoms with Gasteiger partial charge < -0.3 is 4.74 Å². The number of hydrogen-bond donors (Lipinski definition) is 0. The lowest BCUT2D eigenvalue weighted by Crippen LogP contribution is -2.35. The first-order valence-corrected chi connectivity index (χ1v) is 10.5. The Hall–Kier alpha value is -3.02. The van der Waals surface area contributed by atoms with Crippen molar-refractivity contribution in [1.29, 1.82) is 0 Å². The van der Waals surface area contributed by atoms with Gasteiger partial charge in [0, 0.05) is 9.92 Å². The average molecular weight is 421 g/mol. The van der Waals surface area contributed by atoms with Crippen LogP contribution in [-0.4, -0.2) is 18.2 Å². The molecule has 1 heterocycles. The van der Waals surface area contributed by atoms with E-state index in [1.54, 1.807) is 42.1 Å². The van der Waals surface area contributed by atoms with Crippen LogP contribution in [0.4, 0.5) is 5.69 Å². The highest BCUT2D eigenvalue weighted by atomic mass is 35.5. The summed E-state index contributed by atoms with van der Waals surface area (Å²) in [4.78, 5) is 20.2. The Morgan fingerprint density at radius 1 is 0.966 bits per heavy atom. The van der Waals surface area contributed by atoms with Gasteiger partial charge in [0.05, 0.1) is 5.69 Å². The number of aliphatic imine (C=N–C) groups is 1. The number of rotatable bonds is 4. The van der Waals surface area contributed by atoms with Gasteiger partial charge in [-0.2, -0.15) is 4.99 Å². The number of hydrogen-bond acceptors (Lipinski definition) is 4. The lowest BCUT2D eigenvalue weighted by atomic mass is 10.2. The number of ether oxygens (including phenoxy) is 1. The fourth-order valence-corrected chi connectivity index (χ4v) is 3.37. The SMILES string of the molecule is CSc1ccc(OC2=NC(=Cc3ccccc3)C(=O)N2c2ccc(Cl)cc2)cc1. The summed E-state index contributed by atoms with van der Waals surface area (Å²) >= 11 is 7.66. The molecule has 4 nitrogen and oxygen atoms in total. The minimum atomic E-state index is -0.257. The van der Waals surface area contributed by atoms with Crippen molar-refractivity contribution in [1.82, 2.24) is 0 Å². The van der Waals surface area contributed by atoms with E-state index in [1.807, 2.05) is 60.9 Å². The third-order valence-electron chi connectivity index (χ3n) is 4.29. The van der Waals surface area contributed by atoms with Gasteiger partial charge in [-0.15, -0.1) is 11.8 Å². The lowest BCUT2D eigenvalue weighted by molar-refractivity contribution is -0.113. The largest absolute Gasteiger partial charge is 0.425 e. The van der Waals surface area contributed by atoms with Crippen molar-refractivity contribution in [3.8, 4) is 5.75 Å². The molecule has 0 fully saturated rings. The van der Waals surface area contributed by atoms with E-state index >= 15 is 0 Å². The molecular weight excluding hydrogens is 404 g/mol.